The van der Waals surface area contributed by atoms with E-state index in [0.717, 1.165) is 11.3 Å². The first-order valence-electron chi connectivity index (χ1n) is 9.39. The molecule has 2 aromatic heterocycles. The number of nitrogens with zero attached hydrogens (tertiary/aromatic N) is 3. The Morgan fingerprint density at radius 3 is 2.65 bits per heavy atom. The average Bonchev–Trinajstić information content (AvgIpc) is 3.20. The maximum atomic E-state index is 12.2. The van der Waals surface area contributed by atoms with Crippen LogP contribution in [0.4, 0.5) is 11.4 Å². The highest BCUT2D eigenvalue weighted by Crippen LogP contribution is 2.20. The first-order valence-corrected chi connectivity index (χ1v) is 9.39. The van der Waals surface area contributed by atoms with Gasteiger partial charge in [-0.1, -0.05) is 12.1 Å². The lowest BCUT2D eigenvalue weighted by Crippen LogP contribution is -2.20. The summed E-state index contributed by atoms with van der Waals surface area (Å²) in [5, 5.41) is 13.4. The molecular formula is C22H18N4O5. The smallest absolute Gasteiger partial charge is 0.269 e. The summed E-state index contributed by atoms with van der Waals surface area (Å²) >= 11 is 0. The van der Waals surface area contributed by atoms with E-state index in [9.17, 15) is 14.9 Å². The number of amides is 1. The minimum absolute atomic E-state index is 0.0442. The predicted octanol–water partition coefficient (Wildman–Crippen LogP) is 3.84. The molecule has 4 rings (SSSR count). The molecule has 0 atom stereocenters. The summed E-state index contributed by atoms with van der Waals surface area (Å²) in [6.45, 7) is 0.0620. The Labute approximate surface area is 177 Å². The van der Waals surface area contributed by atoms with Crippen molar-refractivity contribution in [2.45, 2.75) is 6.61 Å². The Hall–Kier alpha value is -4.40. The minimum atomic E-state index is -0.499. The second-order valence-corrected chi connectivity index (χ2v) is 6.60. The maximum Gasteiger partial charge on any atom is 0.269 e. The molecule has 4 aromatic rings. The molecule has 0 unspecified atom stereocenters. The lowest BCUT2D eigenvalue weighted by molar-refractivity contribution is -0.384. The second kappa shape index (κ2) is 8.95. The van der Waals surface area contributed by atoms with E-state index in [1.54, 1.807) is 24.3 Å². The van der Waals surface area contributed by atoms with Crippen molar-refractivity contribution in [1.82, 2.24) is 9.38 Å². The first-order chi connectivity index (χ1) is 15.1. The molecule has 1 amide bonds. The fourth-order valence-corrected chi connectivity index (χ4v) is 2.89. The normalized spacial score (nSPS) is 10.6. The number of pyridine rings is 1. The highest BCUT2D eigenvalue weighted by atomic mass is 16.6. The number of fused-ring (bicyclic) bond motifs is 1. The summed E-state index contributed by atoms with van der Waals surface area (Å²) in [5.74, 6) is 0.590. The molecule has 0 spiro atoms. The number of non-ortho nitro benzene ring substituents is 1. The van der Waals surface area contributed by atoms with Crippen LogP contribution in [0.3, 0.4) is 0 Å². The van der Waals surface area contributed by atoms with E-state index < -0.39 is 4.92 Å². The van der Waals surface area contributed by atoms with E-state index in [1.165, 1.54) is 24.3 Å². The van der Waals surface area contributed by atoms with Gasteiger partial charge < -0.3 is 19.2 Å². The number of hydrogen-bond donors (Lipinski definition) is 1. The topological polar surface area (TPSA) is 108 Å². The standard InChI is InChI=1S/C22H18N4O5/c27-22(15-31-19-9-7-18(8-10-19)26(28)29)24-16-4-3-5-20(12-16)30-14-17-13-25-11-2-1-6-21(25)23-17/h1-13H,14-15H2,(H,24,27). The molecule has 0 saturated carbocycles. The molecular weight excluding hydrogens is 400 g/mol. The van der Waals surface area contributed by atoms with Crippen LogP contribution in [-0.4, -0.2) is 26.8 Å². The van der Waals surface area contributed by atoms with Gasteiger partial charge in [0.1, 0.15) is 23.8 Å². The molecule has 0 bridgehead atoms. The number of carbonyl (C=O) groups excluding carboxylic acids is 1. The SMILES string of the molecule is O=C(COc1ccc([N+](=O)[O-])cc1)Nc1cccc(OCc2cn3ccccc3n2)c1. The summed E-state index contributed by atoms with van der Waals surface area (Å²) in [4.78, 5) is 26.8. The molecule has 0 aliphatic carbocycles. The number of nitrogens with one attached hydrogen (secondary N) is 1. The van der Waals surface area contributed by atoms with Crippen molar-refractivity contribution in [1.29, 1.82) is 0 Å². The molecule has 9 heteroatoms. The van der Waals surface area contributed by atoms with Gasteiger partial charge in [-0.25, -0.2) is 4.98 Å². The van der Waals surface area contributed by atoms with Gasteiger partial charge in [0.05, 0.1) is 10.6 Å². The predicted molar refractivity (Wildman–Crippen MR) is 113 cm³/mol. The Morgan fingerprint density at radius 2 is 1.87 bits per heavy atom. The van der Waals surface area contributed by atoms with Crippen molar-refractivity contribution < 1.29 is 19.2 Å². The van der Waals surface area contributed by atoms with Gasteiger partial charge in [-0.3, -0.25) is 14.9 Å². The third kappa shape index (κ3) is 5.15. The van der Waals surface area contributed by atoms with Crippen LogP contribution in [0, 0.1) is 10.1 Å². The number of imidazole rings is 1. The van der Waals surface area contributed by atoms with Crippen molar-refractivity contribution in [2.75, 3.05) is 11.9 Å². The zero-order valence-electron chi connectivity index (χ0n) is 16.3. The number of rotatable bonds is 8. The van der Waals surface area contributed by atoms with Gasteiger partial charge in [0.2, 0.25) is 0 Å². The number of benzene rings is 2. The van der Waals surface area contributed by atoms with Crippen molar-refractivity contribution >= 4 is 22.9 Å². The van der Waals surface area contributed by atoms with E-state index in [0.29, 0.717) is 23.8 Å². The van der Waals surface area contributed by atoms with Crippen LogP contribution in [0.1, 0.15) is 5.69 Å². The van der Waals surface area contributed by atoms with E-state index in [-0.39, 0.29) is 18.2 Å². The number of ether oxygens (including phenoxy) is 2. The zero-order chi connectivity index (χ0) is 21.6. The molecule has 2 heterocycles. The van der Waals surface area contributed by atoms with Gasteiger partial charge in [-0.2, -0.15) is 0 Å². The monoisotopic (exact) mass is 418 g/mol. The minimum Gasteiger partial charge on any atom is -0.487 e. The number of hydrogen-bond acceptors (Lipinski definition) is 6. The highest BCUT2D eigenvalue weighted by Gasteiger charge is 2.08. The van der Waals surface area contributed by atoms with Crippen LogP contribution in [0.15, 0.2) is 79.1 Å². The lowest BCUT2D eigenvalue weighted by atomic mass is 10.3. The fraction of sp³-hybridized carbons (Fsp3) is 0.0909. The number of anilines is 1. The summed E-state index contributed by atoms with van der Waals surface area (Å²) in [6.07, 6.45) is 3.82. The van der Waals surface area contributed by atoms with Gasteiger partial charge in [-0.05, 0) is 36.4 Å². The molecule has 2 aromatic carbocycles. The molecule has 31 heavy (non-hydrogen) atoms. The third-order valence-corrected chi connectivity index (χ3v) is 4.34. The molecule has 0 radical (unpaired) electrons. The van der Waals surface area contributed by atoms with E-state index in [1.807, 2.05) is 35.0 Å². The third-order valence-electron chi connectivity index (χ3n) is 4.34. The van der Waals surface area contributed by atoms with Crippen LogP contribution < -0.4 is 14.8 Å². The number of nitro groups is 1. The van der Waals surface area contributed by atoms with Crippen molar-refractivity contribution in [3.8, 4) is 11.5 Å². The van der Waals surface area contributed by atoms with Crippen molar-refractivity contribution in [2.24, 2.45) is 0 Å². The quantitative estimate of drug-likeness (QED) is 0.344. The highest BCUT2D eigenvalue weighted by molar-refractivity contribution is 5.92. The van der Waals surface area contributed by atoms with Gasteiger partial charge in [-0.15, -0.1) is 0 Å². The summed E-state index contributed by atoms with van der Waals surface area (Å²) in [7, 11) is 0. The van der Waals surface area contributed by atoms with Crippen LogP contribution in [-0.2, 0) is 11.4 Å². The van der Waals surface area contributed by atoms with Gasteiger partial charge in [0.25, 0.3) is 11.6 Å². The largest absolute Gasteiger partial charge is 0.487 e. The van der Waals surface area contributed by atoms with Crippen molar-refractivity contribution in [3.63, 3.8) is 0 Å². The number of carbonyl (C=O) groups is 1. The molecule has 0 aliphatic rings. The average molecular weight is 418 g/mol. The molecule has 156 valence electrons. The zero-order valence-corrected chi connectivity index (χ0v) is 16.3. The number of nitro benzene ring substituents is 1. The van der Waals surface area contributed by atoms with Crippen LogP contribution in [0.25, 0.3) is 5.65 Å². The Bertz CT molecular complexity index is 1190. The van der Waals surface area contributed by atoms with Gasteiger partial charge in [0.15, 0.2) is 6.61 Å². The lowest BCUT2D eigenvalue weighted by Gasteiger charge is -2.09. The van der Waals surface area contributed by atoms with Crippen LogP contribution >= 0.6 is 0 Å². The van der Waals surface area contributed by atoms with E-state index >= 15 is 0 Å². The molecule has 9 nitrogen and oxygen atoms in total. The summed E-state index contributed by atoms with van der Waals surface area (Å²) in [6, 6.07) is 18.3. The summed E-state index contributed by atoms with van der Waals surface area (Å²) in [5.41, 5.74) is 2.15. The van der Waals surface area contributed by atoms with Gasteiger partial charge in [0, 0.05) is 36.3 Å². The Kier molecular flexibility index (Phi) is 5.75. The van der Waals surface area contributed by atoms with E-state index in [2.05, 4.69) is 10.3 Å². The van der Waals surface area contributed by atoms with E-state index in [4.69, 9.17) is 9.47 Å². The van der Waals surface area contributed by atoms with Gasteiger partial charge >= 0.3 is 0 Å². The van der Waals surface area contributed by atoms with Crippen LogP contribution in [0.2, 0.25) is 0 Å². The second-order valence-electron chi connectivity index (χ2n) is 6.60. The van der Waals surface area contributed by atoms with Crippen LogP contribution in [0.5, 0.6) is 11.5 Å². The maximum absolute atomic E-state index is 12.2. The molecule has 0 saturated heterocycles. The number of aromatic nitrogens is 2. The first kappa shape index (κ1) is 19.9. The Balaban J connectivity index is 1.30. The summed E-state index contributed by atoms with van der Waals surface area (Å²) < 4.78 is 13.1. The Morgan fingerprint density at radius 1 is 1.03 bits per heavy atom. The fourth-order valence-electron chi connectivity index (χ4n) is 2.89. The molecule has 0 aliphatic heterocycles. The van der Waals surface area contributed by atoms with Crippen molar-refractivity contribution in [3.05, 3.63) is 94.9 Å². The molecule has 1 N–H and O–H groups in total. The molecule has 0 fully saturated rings.